The molecule has 1 heterocycles. The summed E-state index contributed by atoms with van der Waals surface area (Å²) in [4.78, 5) is 4.56. The standard InChI is InChI=1S/C21H24N2O4S/c1-14-9-16-7-6-8-20(21(16)22-12-14)28(24,25)23(3)13-17-11-19(27-5)18(26-4)10-15(17)2/h6-12H,13H2,1-5H3. The molecule has 0 aliphatic carbocycles. The van der Waals surface area contributed by atoms with Crippen LogP contribution in [0.5, 0.6) is 11.5 Å². The molecule has 3 rings (SSSR count). The number of fused-ring (bicyclic) bond motifs is 1. The lowest BCUT2D eigenvalue weighted by atomic mass is 10.1. The monoisotopic (exact) mass is 400 g/mol. The maximum absolute atomic E-state index is 13.3. The van der Waals surface area contributed by atoms with Gasteiger partial charge < -0.3 is 9.47 Å². The number of rotatable bonds is 6. The topological polar surface area (TPSA) is 68.7 Å². The van der Waals surface area contributed by atoms with Gasteiger partial charge in [-0.05, 0) is 54.8 Å². The summed E-state index contributed by atoms with van der Waals surface area (Å²) in [5, 5.41) is 0.803. The SMILES string of the molecule is COc1cc(C)c(CN(C)S(=O)(=O)c2cccc3cc(C)cnc23)cc1OC. The van der Waals surface area contributed by atoms with E-state index in [4.69, 9.17) is 9.47 Å². The normalized spacial score (nSPS) is 11.8. The molecule has 0 N–H and O–H groups in total. The molecule has 0 saturated heterocycles. The number of methoxy groups -OCH3 is 2. The van der Waals surface area contributed by atoms with Crippen LogP contribution in [0.2, 0.25) is 0 Å². The molecule has 2 aromatic carbocycles. The molecule has 0 aliphatic rings. The molecule has 0 fully saturated rings. The number of benzene rings is 2. The van der Waals surface area contributed by atoms with Crippen LogP contribution in [0.25, 0.3) is 10.9 Å². The predicted octanol–water partition coefficient (Wildman–Crippen LogP) is 3.69. The van der Waals surface area contributed by atoms with Crippen LogP contribution in [0.15, 0.2) is 47.5 Å². The highest BCUT2D eigenvalue weighted by molar-refractivity contribution is 7.89. The van der Waals surface area contributed by atoms with Crippen LogP contribution >= 0.6 is 0 Å². The van der Waals surface area contributed by atoms with Crippen molar-refractivity contribution in [1.82, 2.24) is 9.29 Å². The molecule has 0 radical (unpaired) electrons. The van der Waals surface area contributed by atoms with Gasteiger partial charge in [-0.15, -0.1) is 0 Å². The Bertz CT molecular complexity index is 1130. The molecule has 0 atom stereocenters. The van der Waals surface area contributed by atoms with Crippen LogP contribution in [0.1, 0.15) is 16.7 Å². The first-order valence-electron chi connectivity index (χ1n) is 8.81. The lowest BCUT2D eigenvalue weighted by molar-refractivity contribution is 0.353. The van der Waals surface area contributed by atoms with Crippen LogP contribution in [-0.2, 0) is 16.6 Å². The average Bonchev–Trinajstić information content (AvgIpc) is 2.68. The maximum Gasteiger partial charge on any atom is 0.245 e. The van der Waals surface area contributed by atoms with Gasteiger partial charge in [0.2, 0.25) is 10.0 Å². The van der Waals surface area contributed by atoms with E-state index in [-0.39, 0.29) is 11.4 Å². The highest BCUT2D eigenvalue weighted by atomic mass is 32.2. The highest BCUT2D eigenvalue weighted by Gasteiger charge is 2.25. The molecule has 6 nitrogen and oxygen atoms in total. The fourth-order valence-electron chi connectivity index (χ4n) is 3.14. The van der Waals surface area contributed by atoms with E-state index in [2.05, 4.69) is 4.98 Å². The van der Waals surface area contributed by atoms with E-state index >= 15 is 0 Å². The molecule has 1 aromatic heterocycles. The third-order valence-electron chi connectivity index (χ3n) is 4.73. The second-order valence-corrected chi connectivity index (χ2v) is 8.75. The number of ether oxygens (including phenoxy) is 2. The van der Waals surface area contributed by atoms with E-state index in [1.165, 1.54) is 4.31 Å². The quantitative estimate of drug-likeness (QED) is 0.631. The third-order valence-corrected chi connectivity index (χ3v) is 6.57. The van der Waals surface area contributed by atoms with Gasteiger partial charge >= 0.3 is 0 Å². The first-order valence-corrected chi connectivity index (χ1v) is 10.2. The summed E-state index contributed by atoms with van der Waals surface area (Å²) in [6.45, 7) is 4.05. The molecule has 28 heavy (non-hydrogen) atoms. The van der Waals surface area contributed by atoms with Crippen molar-refractivity contribution in [2.45, 2.75) is 25.3 Å². The fraction of sp³-hybridized carbons (Fsp3) is 0.286. The van der Waals surface area contributed by atoms with Crippen LogP contribution in [0, 0.1) is 13.8 Å². The Morgan fingerprint density at radius 1 is 1.04 bits per heavy atom. The number of hydrogen-bond acceptors (Lipinski definition) is 5. The second kappa shape index (κ2) is 7.77. The zero-order valence-electron chi connectivity index (χ0n) is 16.7. The summed E-state index contributed by atoms with van der Waals surface area (Å²) < 4.78 is 38.5. The number of para-hydroxylation sites is 1. The Labute approximate surface area is 165 Å². The van der Waals surface area contributed by atoms with Gasteiger partial charge in [-0.25, -0.2) is 8.42 Å². The molecule has 0 bridgehead atoms. The first-order chi connectivity index (χ1) is 13.3. The van der Waals surface area contributed by atoms with Gasteiger partial charge in [0, 0.05) is 25.2 Å². The van der Waals surface area contributed by atoms with E-state index < -0.39 is 10.0 Å². The number of pyridine rings is 1. The summed E-state index contributed by atoms with van der Waals surface area (Å²) in [7, 11) is 0.967. The molecule has 0 spiro atoms. The summed E-state index contributed by atoms with van der Waals surface area (Å²) >= 11 is 0. The van der Waals surface area contributed by atoms with Gasteiger partial charge in [-0.3, -0.25) is 4.98 Å². The van der Waals surface area contributed by atoms with Gasteiger partial charge in [0.1, 0.15) is 4.90 Å². The fourth-order valence-corrected chi connectivity index (χ4v) is 4.45. The minimum absolute atomic E-state index is 0.200. The minimum atomic E-state index is -3.73. The Hall–Kier alpha value is -2.64. The second-order valence-electron chi connectivity index (χ2n) is 6.74. The third kappa shape index (κ3) is 3.68. The number of hydrogen-bond donors (Lipinski definition) is 0. The van der Waals surface area contributed by atoms with Gasteiger partial charge in [0.25, 0.3) is 0 Å². The van der Waals surface area contributed by atoms with E-state index in [0.29, 0.717) is 17.0 Å². The predicted molar refractivity (Wildman–Crippen MR) is 109 cm³/mol. The Kier molecular flexibility index (Phi) is 5.58. The molecule has 0 amide bonds. The van der Waals surface area contributed by atoms with E-state index in [1.54, 1.807) is 39.6 Å². The van der Waals surface area contributed by atoms with Crippen molar-refractivity contribution >= 4 is 20.9 Å². The summed E-state index contributed by atoms with van der Waals surface area (Å²) in [5.41, 5.74) is 3.22. The zero-order valence-corrected chi connectivity index (χ0v) is 17.5. The summed E-state index contributed by atoms with van der Waals surface area (Å²) in [6.07, 6.45) is 1.68. The molecule has 148 valence electrons. The zero-order chi connectivity index (χ0) is 20.5. The minimum Gasteiger partial charge on any atom is -0.493 e. The Balaban J connectivity index is 2.00. The van der Waals surface area contributed by atoms with Crippen molar-refractivity contribution in [2.75, 3.05) is 21.3 Å². The molecule has 0 aliphatic heterocycles. The molecular formula is C21H24N2O4S. The van der Waals surface area contributed by atoms with Crippen LogP contribution in [0.3, 0.4) is 0 Å². The summed E-state index contributed by atoms with van der Waals surface area (Å²) in [5.74, 6) is 1.18. The highest BCUT2D eigenvalue weighted by Crippen LogP contribution is 2.32. The average molecular weight is 401 g/mol. The number of sulfonamides is 1. The number of nitrogens with zero attached hydrogens (tertiary/aromatic N) is 2. The Morgan fingerprint density at radius 2 is 1.71 bits per heavy atom. The molecule has 3 aromatic rings. The van der Waals surface area contributed by atoms with Gasteiger partial charge in [-0.1, -0.05) is 12.1 Å². The van der Waals surface area contributed by atoms with E-state index in [9.17, 15) is 8.42 Å². The van der Waals surface area contributed by atoms with Gasteiger partial charge in [0.05, 0.1) is 19.7 Å². The molecular weight excluding hydrogens is 376 g/mol. The van der Waals surface area contributed by atoms with Crippen molar-refractivity contribution in [3.05, 3.63) is 59.3 Å². The van der Waals surface area contributed by atoms with Crippen molar-refractivity contribution < 1.29 is 17.9 Å². The van der Waals surface area contributed by atoms with Crippen molar-refractivity contribution in [2.24, 2.45) is 0 Å². The first kappa shape index (κ1) is 20.1. The number of aromatic nitrogens is 1. The van der Waals surface area contributed by atoms with Crippen molar-refractivity contribution in [3.8, 4) is 11.5 Å². The lowest BCUT2D eigenvalue weighted by Crippen LogP contribution is -2.27. The smallest absolute Gasteiger partial charge is 0.245 e. The van der Waals surface area contributed by atoms with Crippen molar-refractivity contribution in [3.63, 3.8) is 0 Å². The van der Waals surface area contributed by atoms with E-state index in [1.807, 2.05) is 38.1 Å². The van der Waals surface area contributed by atoms with Gasteiger partial charge in [0.15, 0.2) is 11.5 Å². The molecule has 7 heteroatoms. The number of aryl methyl sites for hydroxylation is 2. The maximum atomic E-state index is 13.3. The van der Waals surface area contributed by atoms with E-state index in [0.717, 1.165) is 22.1 Å². The van der Waals surface area contributed by atoms with Crippen LogP contribution in [-0.4, -0.2) is 39.0 Å². The van der Waals surface area contributed by atoms with Gasteiger partial charge in [-0.2, -0.15) is 4.31 Å². The Morgan fingerprint density at radius 3 is 2.39 bits per heavy atom. The summed E-state index contributed by atoms with van der Waals surface area (Å²) in [6, 6.07) is 10.8. The van der Waals surface area contributed by atoms with Crippen LogP contribution in [0.4, 0.5) is 0 Å². The molecule has 0 saturated carbocycles. The molecule has 0 unspecified atom stereocenters. The lowest BCUT2D eigenvalue weighted by Gasteiger charge is -2.20. The van der Waals surface area contributed by atoms with Crippen LogP contribution < -0.4 is 9.47 Å². The largest absolute Gasteiger partial charge is 0.493 e. The van der Waals surface area contributed by atoms with Crippen molar-refractivity contribution in [1.29, 1.82) is 0 Å².